The van der Waals surface area contributed by atoms with Gasteiger partial charge < -0.3 is 14.8 Å². The summed E-state index contributed by atoms with van der Waals surface area (Å²) in [5.74, 6) is 0.833. The summed E-state index contributed by atoms with van der Waals surface area (Å²) in [4.78, 5) is 16.9. The predicted molar refractivity (Wildman–Crippen MR) is 117 cm³/mol. The van der Waals surface area contributed by atoms with Gasteiger partial charge in [0.15, 0.2) is 0 Å². The molecule has 0 aliphatic heterocycles. The van der Waals surface area contributed by atoms with Crippen molar-refractivity contribution in [2.75, 3.05) is 19.0 Å². The summed E-state index contributed by atoms with van der Waals surface area (Å²) in [6, 6.07) is 21.6. The zero-order valence-electron chi connectivity index (χ0n) is 17.0. The number of para-hydroxylation sites is 1. The largest absolute Gasteiger partial charge is 0.424 e. The van der Waals surface area contributed by atoms with E-state index in [2.05, 4.69) is 17.4 Å². The Labute approximate surface area is 175 Å². The van der Waals surface area contributed by atoms with E-state index in [1.165, 1.54) is 7.11 Å². The quantitative estimate of drug-likeness (QED) is 0.366. The predicted octanol–water partition coefficient (Wildman–Crippen LogP) is 4.47. The van der Waals surface area contributed by atoms with Crippen molar-refractivity contribution in [2.24, 2.45) is 0 Å². The van der Waals surface area contributed by atoms with Crippen LogP contribution in [0.25, 0.3) is 16.9 Å². The first-order valence-corrected chi connectivity index (χ1v) is 9.72. The lowest BCUT2D eigenvalue weighted by Gasteiger charge is -2.12. The van der Waals surface area contributed by atoms with Gasteiger partial charge in [0.25, 0.3) is 0 Å². The van der Waals surface area contributed by atoms with Crippen LogP contribution < -0.4 is 10.1 Å². The number of nitrogens with zero attached hydrogens (tertiary/aromatic N) is 2. The third-order valence-electron chi connectivity index (χ3n) is 4.78. The second-order valence-corrected chi connectivity index (χ2v) is 6.94. The number of benzene rings is 2. The van der Waals surface area contributed by atoms with Gasteiger partial charge in [0.1, 0.15) is 29.5 Å². The molecule has 0 aliphatic carbocycles. The molecule has 4 rings (SSSR count). The number of imidazole rings is 1. The van der Waals surface area contributed by atoms with E-state index < -0.39 is 5.97 Å². The van der Waals surface area contributed by atoms with E-state index in [0.29, 0.717) is 12.3 Å². The number of hydrogen-bond donors (Lipinski definition) is 1. The molecule has 0 amide bonds. The fourth-order valence-corrected chi connectivity index (χ4v) is 3.36. The average molecular weight is 401 g/mol. The topological polar surface area (TPSA) is 64.9 Å². The average Bonchev–Trinajstić information content (AvgIpc) is 3.13. The number of esters is 1. The number of carbonyl (C=O) groups excluding carboxylic acids is 1. The van der Waals surface area contributed by atoms with Crippen LogP contribution in [0.1, 0.15) is 11.1 Å². The molecule has 0 saturated carbocycles. The smallest absolute Gasteiger partial charge is 0.337 e. The Hall–Kier alpha value is -3.64. The second-order valence-electron chi connectivity index (χ2n) is 6.94. The van der Waals surface area contributed by atoms with Crippen LogP contribution in [0.4, 0.5) is 5.82 Å². The molecule has 4 aromatic rings. The Morgan fingerprint density at radius 1 is 1.03 bits per heavy atom. The molecule has 2 heterocycles. The third kappa shape index (κ3) is 4.04. The number of rotatable bonds is 7. The maximum atomic E-state index is 12.0. The van der Waals surface area contributed by atoms with Gasteiger partial charge in [-0.1, -0.05) is 48.5 Å². The number of methoxy groups -OCH3 is 1. The normalized spacial score (nSPS) is 10.9. The van der Waals surface area contributed by atoms with Crippen molar-refractivity contribution in [3.05, 3.63) is 84.1 Å². The minimum absolute atomic E-state index is 0.113. The highest BCUT2D eigenvalue weighted by atomic mass is 16.6. The Morgan fingerprint density at radius 3 is 2.60 bits per heavy atom. The van der Waals surface area contributed by atoms with Crippen LogP contribution in [0.2, 0.25) is 0 Å². The molecule has 2 aromatic heterocycles. The summed E-state index contributed by atoms with van der Waals surface area (Å²) in [5, 5.41) is 3.52. The zero-order valence-corrected chi connectivity index (χ0v) is 17.0. The number of ether oxygens (including phenoxy) is 2. The van der Waals surface area contributed by atoms with Crippen molar-refractivity contribution in [1.82, 2.24) is 9.38 Å². The fraction of sp³-hybridized carbons (Fsp3) is 0.167. The number of aromatic nitrogens is 2. The van der Waals surface area contributed by atoms with Gasteiger partial charge in [-0.15, -0.1) is 0 Å². The SMILES string of the molecule is COCC(=O)Oc1ccccc1-c1nc2c(C)cccn2c1NCc1ccccc1. The minimum atomic E-state index is -0.455. The van der Waals surface area contributed by atoms with E-state index in [0.717, 1.165) is 33.8 Å². The molecule has 0 aliphatic rings. The molecule has 2 aromatic carbocycles. The summed E-state index contributed by atoms with van der Waals surface area (Å²) < 4.78 is 12.5. The molecule has 6 heteroatoms. The highest BCUT2D eigenvalue weighted by Gasteiger charge is 2.19. The van der Waals surface area contributed by atoms with Gasteiger partial charge in [0, 0.05) is 25.4 Å². The Bertz CT molecular complexity index is 1170. The lowest BCUT2D eigenvalue weighted by atomic mass is 10.1. The van der Waals surface area contributed by atoms with Crippen molar-refractivity contribution in [3.8, 4) is 17.0 Å². The van der Waals surface area contributed by atoms with Crippen LogP contribution >= 0.6 is 0 Å². The zero-order chi connectivity index (χ0) is 20.9. The van der Waals surface area contributed by atoms with Crippen molar-refractivity contribution < 1.29 is 14.3 Å². The summed E-state index contributed by atoms with van der Waals surface area (Å²) in [6.45, 7) is 2.55. The molecule has 0 saturated heterocycles. The van der Waals surface area contributed by atoms with Crippen LogP contribution in [-0.4, -0.2) is 29.1 Å². The van der Waals surface area contributed by atoms with Gasteiger partial charge in [-0.05, 0) is 36.2 Å². The number of aryl methyl sites for hydroxylation is 1. The Balaban J connectivity index is 1.79. The van der Waals surface area contributed by atoms with Crippen molar-refractivity contribution in [3.63, 3.8) is 0 Å². The lowest BCUT2D eigenvalue weighted by molar-refractivity contribution is -0.138. The van der Waals surface area contributed by atoms with Crippen LogP contribution in [0.3, 0.4) is 0 Å². The first-order valence-electron chi connectivity index (χ1n) is 9.72. The number of pyridine rings is 1. The number of fused-ring (bicyclic) bond motifs is 1. The molecule has 30 heavy (non-hydrogen) atoms. The molecule has 0 radical (unpaired) electrons. The van der Waals surface area contributed by atoms with Crippen LogP contribution in [0.15, 0.2) is 72.9 Å². The van der Waals surface area contributed by atoms with Crippen molar-refractivity contribution in [2.45, 2.75) is 13.5 Å². The van der Waals surface area contributed by atoms with E-state index in [1.54, 1.807) is 6.07 Å². The van der Waals surface area contributed by atoms with E-state index in [9.17, 15) is 4.79 Å². The first kappa shape index (κ1) is 19.7. The maximum absolute atomic E-state index is 12.0. The molecule has 0 unspecified atom stereocenters. The van der Waals surface area contributed by atoms with E-state index in [-0.39, 0.29) is 6.61 Å². The van der Waals surface area contributed by atoms with E-state index >= 15 is 0 Å². The minimum Gasteiger partial charge on any atom is -0.424 e. The van der Waals surface area contributed by atoms with Gasteiger partial charge in [-0.2, -0.15) is 0 Å². The lowest BCUT2D eigenvalue weighted by Crippen LogP contribution is -2.14. The second kappa shape index (κ2) is 8.80. The molecule has 0 fully saturated rings. The molecule has 0 spiro atoms. The van der Waals surface area contributed by atoms with Gasteiger partial charge in [0.05, 0.1) is 0 Å². The van der Waals surface area contributed by atoms with Crippen LogP contribution in [0, 0.1) is 6.92 Å². The summed E-state index contributed by atoms with van der Waals surface area (Å²) in [6.07, 6.45) is 1.98. The number of hydrogen-bond acceptors (Lipinski definition) is 5. The van der Waals surface area contributed by atoms with Gasteiger partial charge in [0.2, 0.25) is 0 Å². The first-order chi connectivity index (χ1) is 14.7. The molecular weight excluding hydrogens is 378 g/mol. The standard InChI is InChI=1S/C24H23N3O3/c1-17-9-8-14-27-23(17)26-22(24(27)25-15-18-10-4-3-5-11-18)19-12-6-7-13-20(19)30-21(28)16-29-2/h3-14,25H,15-16H2,1-2H3. The third-order valence-corrected chi connectivity index (χ3v) is 4.78. The molecule has 0 bridgehead atoms. The monoisotopic (exact) mass is 401 g/mol. The molecule has 6 nitrogen and oxygen atoms in total. The Kier molecular flexibility index (Phi) is 5.77. The van der Waals surface area contributed by atoms with Gasteiger partial charge in [-0.3, -0.25) is 4.40 Å². The van der Waals surface area contributed by atoms with E-state index in [4.69, 9.17) is 14.5 Å². The molecule has 152 valence electrons. The van der Waals surface area contributed by atoms with Gasteiger partial charge >= 0.3 is 5.97 Å². The van der Waals surface area contributed by atoms with Crippen LogP contribution in [-0.2, 0) is 16.1 Å². The summed E-state index contributed by atoms with van der Waals surface area (Å²) >= 11 is 0. The number of nitrogens with one attached hydrogen (secondary N) is 1. The number of anilines is 1. The maximum Gasteiger partial charge on any atom is 0.337 e. The van der Waals surface area contributed by atoms with Gasteiger partial charge in [-0.25, -0.2) is 9.78 Å². The summed E-state index contributed by atoms with van der Waals surface area (Å²) in [7, 11) is 1.46. The molecule has 0 atom stereocenters. The van der Waals surface area contributed by atoms with Crippen molar-refractivity contribution in [1.29, 1.82) is 0 Å². The van der Waals surface area contributed by atoms with Crippen molar-refractivity contribution >= 4 is 17.4 Å². The van der Waals surface area contributed by atoms with E-state index in [1.807, 2.05) is 66.1 Å². The Morgan fingerprint density at radius 2 is 1.80 bits per heavy atom. The molecular formula is C24H23N3O3. The molecule has 1 N–H and O–H groups in total. The highest BCUT2D eigenvalue weighted by Crippen LogP contribution is 2.36. The van der Waals surface area contributed by atoms with Crippen LogP contribution in [0.5, 0.6) is 5.75 Å². The number of carbonyl (C=O) groups is 1. The summed E-state index contributed by atoms with van der Waals surface area (Å²) in [5.41, 5.74) is 4.52. The fourth-order valence-electron chi connectivity index (χ4n) is 3.36. The highest BCUT2D eigenvalue weighted by molar-refractivity contribution is 5.83.